The summed E-state index contributed by atoms with van der Waals surface area (Å²) in [5.74, 6) is -0.0377. The maximum Gasteiger partial charge on any atom is 0.243 e. The van der Waals surface area contributed by atoms with E-state index in [1.807, 2.05) is 45.0 Å². The minimum absolute atomic E-state index is 0.0291. The predicted octanol–water partition coefficient (Wildman–Crippen LogP) is 3.70. The fraction of sp³-hybridized carbons (Fsp3) is 0.440. The Morgan fingerprint density at radius 2 is 1.73 bits per heavy atom. The van der Waals surface area contributed by atoms with E-state index in [9.17, 15) is 18.0 Å². The molecule has 0 radical (unpaired) electrons. The molecule has 3 rings (SSSR count). The van der Waals surface area contributed by atoms with Crippen LogP contribution in [0.25, 0.3) is 0 Å². The van der Waals surface area contributed by atoms with Gasteiger partial charge in [-0.3, -0.25) is 9.59 Å². The zero-order valence-electron chi connectivity index (χ0n) is 19.5. The first-order valence-corrected chi connectivity index (χ1v) is 12.8. The van der Waals surface area contributed by atoms with Crippen LogP contribution in [0.4, 0.5) is 5.69 Å². The van der Waals surface area contributed by atoms with Gasteiger partial charge in [0.25, 0.3) is 0 Å². The monoisotopic (exact) mass is 471 g/mol. The van der Waals surface area contributed by atoms with E-state index >= 15 is 0 Å². The normalized spacial score (nSPS) is 15.4. The molecule has 0 spiro atoms. The van der Waals surface area contributed by atoms with Gasteiger partial charge in [-0.15, -0.1) is 0 Å². The van der Waals surface area contributed by atoms with E-state index in [0.29, 0.717) is 44.6 Å². The molecule has 0 bridgehead atoms. The number of nitrogens with one attached hydrogen (secondary N) is 2. The standard InChI is InChI=1S/C25H33N3O4S/c1-18(2)15-24(29)27-22-6-4-5-20(16-22)17-26-25(30)21-11-13-28(14-12-21)33(31,32)23-9-7-19(3)8-10-23/h4-10,16,18,21H,11-15,17H2,1-3H3,(H,26,30)(H,27,29). The zero-order valence-corrected chi connectivity index (χ0v) is 20.3. The van der Waals surface area contributed by atoms with Crippen LogP contribution in [0, 0.1) is 18.8 Å². The fourth-order valence-electron chi connectivity index (χ4n) is 3.89. The van der Waals surface area contributed by atoms with E-state index in [1.165, 1.54) is 4.31 Å². The molecule has 1 saturated heterocycles. The van der Waals surface area contributed by atoms with E-state index in [-0.39, 0.29) is 28.5 Å². The lowest BCUT2D eigenvalue weighted by atomic mass is 9.97. The first kappa shape index (κ1) is 24.9. The molecule has 2 aromatic rings. The van der Waals surface area contributed by atoms with Crippen molar-refractivity contribution >= 4 is 27.5 Å². The number of rotatable bonds is 8. The highest BCUT2D eigenvalue weighted by Gasteiger charge is 2.31. The third-order valence-corrected chi connectivity index (χ3v) is 7.67. The van der Waals surface area contributed by atoms with Crippen molar-refractivity contribution < 1.29 is 18.0 Å². The molecule has 0 aliphatic carbocycles. The zero-order chi connectivity index (χ0) is 24.0. The van der Waals surface area contributed by atoms with Crippen molar-refractivity contribution in [3.63, 3.8) is 0 Å². The molecule has 2 amide bonds. The Bertz CT molecular complexity index is 1070. The van der Waals surface area contributed by atoms with Crippen LogP contribution in [0.3, 0.4) is 0 Å². The topological polar surface area (TPSA) is 95.6 Å². The number of aryl methyl sites for hydroxylation is 1. The lowest BCUT2D eigenvalue weighted by Gasteiger charge is -2.30. The summed E-state index contributed by atoms with van der Waals surface area (Å²) in [6, 6.07) is 14.3. The molecule has 178 valence electrons. The highest BCUT2D eigenvalue weighted by molar-refractivity contribution is 7.89. The Balaban J connectivity index is 1.50. The SMILES string of the molecule is Cc1ccc(S(=O)(=O)N2CCC(C(=O)NCc3cccc(NC(=O)CC(C)C)c3)CC2)cc1. The van der Waals surface area contributed by atoms with Gasteiger partial charge in [-0.05, 0) is 55.5 Å². The summed E-state index contributed by atoms with van der Waals surface area (Å²) in [6.45, 7) is 6.91. The first-order valence-electron chi connectivity index (χ1n) is 11.4. The summed E-state index contributed by atoms with van der Waals surface area (Å²) in [7, 11) is -3.54. The molecule has 0 saturated carbocycles. The number of anilines is 1. The summed E-state index contributed by atoms with van der Waals surface area (Å²) in [5, 5.41) is 5.84. The Morgan fingerprint density at radius 3 is 2.36 bits per heavy atom. The molecule has 1 heterocycles. The number of piperidine rings is 1. The number of hydrogen-bond acceptors (Lipinski definition) is 4. The van der Waals surface area contributed by atoms with Gasteiger partial charge in [0.2, 0.25) is 21.8 Å². The van der Waals surface area contributed by atoms with Gasteiger partial charge in [-0.1, -0.05) is 43.7 Å². The molecule has 0 aromatic heterocycles. The average Bonchev–Trinajstić information content (AvgIpc) is 2.77. The molecule has 8 heteroatoms. The lowest BCUT2D eigenvalue weighted by Crippen LogP contribution is -2.42. The third kappa shape index (κ3) is 6.88. The minimum Gasteiger partial charge on any atom is -0.352 e. The predicted molar refractivity (Wildman–Crippen MR) is 129 cm³/mol. The first-order chi connectivity index (χ1) is 15.6. The van der Waals surface area contributed by atoms with Crippen molar-refractivity contribution in [2.45, 2.75) is 51.5 Å². The van der Waals surface area contributed by atoms with Crippen LogP contribution >= 0.6 is 0 Å². The fourth-order valence-corrected chi connectivity index (χ4v) is 5.36. The Kier molecular flexibility index (Phi) is 8.26. The highest BCUT2D eigenvalue weighted by Crippen LogP contribution is 2.24. The number of carbonyl (C=O) groups is 2. The quantitative estimate of drug-likeness (QED) is 0.614. The summed E-state index contributed by atoms with van der Waals surface area (Å²) in [6.07, 6.45) is 1.43. The van der Waals surface area contributed by atoms with Gasteiger partial charge < -0.3 is 10.6 Å². The van der Waals surface area contributed by atoms with Crippen LogP contribution in [0.5, 0.6) is 0 Å². The molecule has 1 aliphatic rings. The highest BCUT2D eigenvalue weighted by atomic mass is 32.2. The van der Waals surface area contributed by atoms with E-state index in [2.05, 4.69) is 10.6 Å². The second kappa shape index (κ2) is 10.9. The van der Waals surface area contributed by atoms with Crippen molar-refractivity contribution in [3.8, 4) is 0 Å². The van der Waals surface area contributed by atoms with Crippen molar-refractivity contribution in [1.29, 1.82) is 0 Å². The number of sulfonamides is 1. The maximum absolute atomic E-state index is 12.8. The number of nitrogens with zero attached hydrogens (tertiary/aromatic N) is 1. The average molecular weight is 472 g/mol. The van der Waals surface area contributed by atoms with Crippen LogP contribution < -0.4 is 10.6 Å². The second-order valence-electron chi connectivity index (χ2n) is 9.06. The lowest BCUT2D eigenvalue weighted by molar-refractivity contribution is -0.126. The summed E-state index contributed by atoms with van der Waals surface area (Å²) in [4.78, 5) is 24.9. The maximum atomic E-state index is 12.8. The summed E-state index contributed by atoms with van der Waals surface area (Å²) in [5.41, 5.74) is 2.61. The Hall–Kier alpha value is -2.71. The molecule has 2 aromatic carbocycles. The minimum atomic E-state index is -3.54. The van der Waals surface area contributed by atoms with Crippen LogP contribution in [-0.2, 0) is 26.2 Å². The van der Waals surface area contributed by atoms with E-state index < -0.39 is 10.0 Å². The van der Waals surface area contributed by atoms with E-state index in [1.54, 1.807) is 24.3 Å². The summed E-state index contributed by atoms with van der Waals surface area (Å²) >= 11 is 0. The number of amides is 2. The van der Waals surface area contributed by atoms with Gasteiger partial charge in [-0.2, -0.15) is 4.31 Å². The Morgan fingerprint density at radius 1 is 1.06 bits per heavy atom. The van der Waals surface area contributed by atoms with Gasteiger partial charge in [0.05, 0.1) is 4.90 Å². The van der Waals surface area contributed by atoms with Gasteiger partial charge in [-0.25, -0.2) is 8.42 Å². The molecule has 7 nitrogen and oxygen atoms in total. The molecule has 0 atom stereocenters. The van der Waals surface area contributed by atoms with Gasteiger partial charge in [0.1, 0.15) is 0 Å². The van der Waals surface area contributed by atoms with Crippen molar-refractivity contribution in [3.05, 3.63) is 59.7 Å². The Labute approximate surface area is 196 Å². The van der Waals surface area contributed by atoms with Crippen LogP contribution in [0.2, 0.25) is 0 Å². The van der Waals surface area contributed by atoms with Gasteiger partial charge in [0, 0.05) is 37.7 Å². The smallest absolute Gasteiger partial charge is 0.243 e. The van der Waals surface area contributed by atoms with Crippen LogP contribution in [-0.4, -0.2) is 37.6 Å². The summed E-state index contributed by atoms with van der Waals surface area (Å²) < 4.78 is 27.2. The third-order valence-electron chi connectivity index (χ3n) is 5.75. The van der Waals surface area contributed by atoms with E-state index in [0.717, 1.165) is 11.1 Å². The molecule has 33 heavy (non-hydrogen) atoms. The number of benzene rings is 2. The second-order valence-corrected chi connectivity index (χ2v) is 11.0. The van der Waals surface area contributed by atoms with Crippen molar-refractivity contribution in [2.75, 3.05) is 18.4 Å². The number of hydrogen-bond donors (Lipinski definition) is 2. The largest absolute Gasteiger partial charge is 0.352 e. The molecule has 1 aliphatic heterocycles. The van der Waals surface area contributed by atoms with Gasteiger partial charge in [0.15, 0.2) is 0 Å². The molecular formula is C25H33N3O4S. The van der Waals surface area contributed by atoms with Crippen molar-refractivity contribution in [1.82, 2.24) is 9.62 Å². The number of carbonyl (C=O) groups excluding carboxylic acids is 2. The van der Waals surface area contributed by atoms with Gasteiger partial charge >= 0.3 is 0 Å². The molecule has 2 N–H and O–H groups in total. The van der Waals surface area contributed by atoms with Crippen LogP contribution in [0.15, 0.2) is 53.4 Å². The van der Waals surface area contributed by atoms with Crippen molar-refractivity contribution in [2.24, 2.45) is 11.8 Å². The molecule has 0 unspecified atom stereocenters. The van der Waals surface area contributed by atoms with E-state index in [4.69, 9.17) is 0 Å². The molecule has 1 fully saturated rings. The van der Waals surface area contributed by atoms with Crippen LogP contribution in [0.1, 0.15) is 44.2 Å². The molecular weight excluding hydrogens is 438 g/mol.